The van der Waals surface area contributed by atoms with Gasteiger partial charge in [0.15, 0.2) is 0 Å². The van der Waals surface area contributed by atoms with Gasteiger partial charge in [0.2, 0.25) is 5.91 Å². The summed E-state index contributed by atoms with van der Waals surface area (Å²) in [5, 5.41) is 20.5. The van der Waals surface area contributed by atoms with E-state index >= 15 is 0 Å². The van der Waals surface area contributed by atoms with Crippen LogP contribution in [0.25, 0.3) is 0 Å². The van der Waals surface area contributed by atoms with Crippen molar-refractivity contribution in [3.63, 3.8) is 0 Å². The van der Waals surface area contributed by atoms with Crippen molar-refractivity contribution < 1.29 is 19.2 Å². The van der Waals surface area contributed by atoms with Crippen LogP contribution >= 0.6 is 0 Å². The smallest absolute Gasteiger partial charge is 0.426 e. The molecule has 6 heteroatoms. The van der Waals surface area contributed by atoms with Gasteiger partial charge in [-0.3, -0.25) is 4.79 Å². The van der Waals surface area contributed by atoms with Crippen LogP contribution < -0.4 is 5.32 Å². The molecule has 0 spiro atoms. The first kappa shape index (κ1) is 12.7. The standard InChI is InChI=1S/C10H13BFNO3/c1-7(14)13-10(11(15)16)6-8-2-4-9(12)5-3-8/h2-5,10,15-16H,6H2,1H3,(H,13,14). The fraction of sp³-hybridized carbons (Fsp3) is 0.300. The third-order valence-electron chi connectivity index (χ3n) is 2.12. The van der Waals surface area contributed by atoms with Crippen molar-refractivity contribution in [3.8, 4) is 0 Å². The van der Waals surface area contributed by atoms with Crippen molar-refractivity contribution in [3.05, 3.63) is 35.6 Å². The number of halogens is 1. The Bertz CT molecular complexity index is 356. The summed E-state index contributed by atoms with van der Waals surface area (Å²) in [6, 6.07) is 5.63. The Kier molecular flexibility index (Phi) is 4.45. The zero-order chi connectivity index (χ0) is 12.1. The maximum atomic E-state index is 12.6. The summed E-state index contributed by atoms with van der Waals surface area (Å²) in [4.78, 5) is 10.8. The number of nitrogens with one attached hydrogen (secondary N) is 1. The first-order valence-corrected chi connectivity index (χ1v) is 4.86. The first-order valence-electron chi connectivity index (χ1n) is 4.86. The molecular formula is C10H13BFNO3. The minimum atomic E-state index is -1.64. The number of amides is 1. The van der Waals surface area contributed by atoms with E-state index in [-0.39, 0.29) is 18.1 Å². The van der Waals surface area contributed by atoms with Gasteiger partial charge in [0.1, 0.15) is 5.82 Å². The Balaban J connectivity index is 2.67. The van der Waals surface area contributed by atoms with Crippen LogP contribution in [-0.2, 0) is 11.2 Å². The fourth-order valence-corrected chi connectivity index (χ4v) is 1.37. The molecule has 0 aliphatic carbocycles. The number of hydrogen-bond donors (Lipinski definition) is 3. The Hall–Kier alpha value is -1.40. The maximum Gasteiger partial charge on any atom is 0.475 e. The van der Waals surface area contributed by atoms with Crippen LogP contribution in [0.1, 0.15) is 12.5 Å². The van der Waals surface area contributed by atoms with E-state index in [4.69, 9.17) is 10.0 Å². The van der Waals surface area contributed by atoms with Crippen LogP contribution in [0.2, 0.25) is 0 Å². The van der Waals surface area contributed by atoms with E-state index in [2.05, 4.69) is 5.32 Å². The molecule has 4 nitrogen and oxygen atoms in total. The molecule has 1 rings (SSSR count). The third kappa shape index (κ3) is 4.00. The van der Waals surface area contributed by atoms with E-state index in [0.29, 0.717) is 5.56 Å². The van der Waals surface area contributed by atoms with Gasteiger partial charge in [-0.15, -0.1) is 0 Å². The summed E-state index contributed by atoms with van der Waals surface area (Å²) in [6.07, 6.45) is 0.234. The van der Waals surface area contributed by atoms with Crippen LogP contribution in [0, 0.1) is 5.82 Å². The van der Waals surface area contributed by atoms with Gasteiger partial charge in [-0.25, -0.2) is 4.39 Å². The molecule has 0 saturated heterocycles. The second-order valence-electron chi connectivity index (χ2n) is 3.55. The van der Waals surface area contributed by atoms with E-state index in [1.165, 1.54) is 31.2 Å². The lowest BCUT2D eigenvalue weighted by Gasteiger charge is -2.16. The molecule has 1 aromatic rings. The van der Waals surface area contributed by atoms with E-state index in [9.17, 15) is 9.18 Å². The summed E-state index contributed by atoms with van der Waals surface area (Å²) in [5.74, 6) is -1.49. The second kappa shape index (κ2) is 5.62. The monoisotopic (exact) mass is 225 g/mol. The van der Waals surface area contributed by atoms with Gasteiger partial charge in [0.05, 0.1) is 5.94 Å². The maximum absolute atomic E-state index is 12.6. The predicted octanol–water partition coefficient (Wildman–Crippen LogP) is -0.115. The number of carbonyl (C=O) groups is 1. The average Bonchev–Trinajstić information content (AvgIpc) is 2.19. The fourth-order valence-electron chi connectivity index (χ4n) is 1.37. The van der Waals surface area contributed by atoms with Crippen LogP contribution in [0.15, 0.2) is 24.3 Å². The van der Waals surface area contributed by atoms with Crippen molar-refractivity contribution in [2.45, 2.75) is 19.3 Å². The summed E-state index contributed by atoms with van der Waals surface area (Å²) < 4.78 is 12.6. The van der Waals surface area contributed by atoms with Gasteiger partial charge in [-0.05, 0) is 24.1 Å². The number of carbonyl (C=O) groups excluding carboxylic acids is 1. The minimum absolute atomic E-state index is 0.234. The molecule has 0 aliphatic rings. The van der Waals surface area contributed by atoms with Crippen molar-refractivity contribution >= 4 is 13.0 Å². The Labute approximate surface area is 93.2 Å². The van der Waals surface area contributed by atoms with Crippen LogP contribution in [0.5, 0.6) is 0 Å². The highest BCUT2D eigenvalue weighted by Gasteiger charge is 2.24. The van der Waals surface area contributed by atoms with Crippen molar-refractivity contribution in [2.24, 2.45) is 0 Å². The van der Waals surface area contributed by atoms with Gasteiger partial charge < -0.3 is 15.4 Å². The van der Waals surface area contributed by atoms with Gasteiger partial charge in [-0.2, -0.15) is 0 Å². The molecule has 0 bridgehead atoms. The van der Waals surface area contributed by atoms with Crippen molar-refractivity contribution in [1.29, 1.82) is 0 Å². The molecule has 3 N–H and O–H groups in total. The first-order chi connectivity index (χ1) is 7.49. The van der Waals surface area contributed by atoms with Crippen molar-refractivity contribution in [2.75, 3.05) is 0 Å². The van der Waals surface area contributed by atoms with Gasteiger partial charge in [-0.1, -0.05) is 12.1 Å². The topological polar surface area (TPSA) is 69.6 Å². The largest absolute Gasteiger partial charge is 0.475 e. The van der Waals surface area contributed by atoms with E-state index in [0.717, 1.165) is 0 Å². The molecule has 1 unspecified atom stereocenters. The van der Waals surface area contributed by atoms with Gasteiger partial charge in [0.25, 0.3) is 0 Å². The highest BCUT2D eigenvalue weighted by atomic mass is 19.1. The Morgan fingerprint density at radius 3 is 2.44 bits per heavy atom. The lowest BCUT2D eigenvalue weighted by Crippen LogP contribution is -2.47. The quantitative estimate of drug-likeness (QED) is 0.626. The zero-order valence-electron chi connectivity index (χ0n) is 8.85. The molecule has 0 saturated carbocycles. The van der Waals surface area contributed by atoms with Gasteiger partial charge >= 0.3 is 7.12 Å². The van der Waals surface area contributed by atoms with E-state index in [1.54, 1.807) is 0 Å². The summed E-state index contributed by atoms with van der Waals surface area (Å²) in [5.41, 5.74) is 0.716. The SMILES string of the molecule is CC(=O)NC(Cc1ccc(F)cc1)B(O)O. The normalized spacial score (nSPS) is 12.0. The predicted molar refractivity (Wildman–Crippen MR) is 57.9 cm³/mol. The van der Waals surface area contributed by atoms with Crippen LogP contribution in [-0.4, -0.2) is 29.0 Å². The van der Waals surface area contributed by atoms with Gasteiger partial charge in [0, 0.05) is 6.92 Å². The highest BCUT2D eigenvalue weighted by molar-refractivity contribution is 6.43. The lowest BCUT2D eigenvalue weighted by molar-refractivity contribution is -0.119. The van der Waals surface area contributed by atoms with E-state index in [1.807, 2.05) is 0 Å². The highest BCUT2D eigenvalue weighted by Crippen LogP contribution is 2.06. The number of rotatable bonds is 4. The molecule has 0 radical (unpaired) electrons. The second-order valence-corrected chi connectivity index (χ2v) is 3.55. The molecular weight excluding hydrogens is 212 g/mol. The Morgan fingerprint density at radius 1 is 1.44 bits per heavy atom. The molecule has 16 heavy (non-hydrogen) atoms. The average molecular weight is 225 g/mol. The van der Waals surface area contributed by atoms with Crippen LogP contribution in [0.3, 0.4) is 0 Å². The minimum Gasteiger partial charge on any atom is -0.426 e. The third-order valence-corrected chi connectivity index (χ3v) is 2.12. The summed E-state index contributed by atoms with van der Waals surface area (Å²) in [6.45, 7) is 1.29. The zero-order valence-corrected chi connectivity index (χ0v) is 8.85. The molecule has 1 amide bonds. The number of benzene rings is 1. The molecule has 0 heterocycles. The molecule has 0 aliphatic heterocycles. The molecule has 1 aromatic carbocycles. The Morgan fingerprint density at radius 2 is 2.00 bits per heavy atom. The molecule has 86 valence electrons. The van der Waals surface area contributed by atoms with Crippen molar-refractivity contribution in [1.82, 2.24) is 5.32 Å². The van der Waals surface area contributed by atoms with E-state index < -0.39 is 13.1 Å². The molecule has 0 fully saturated rings. The number of hydrogen-bond acceptors (Lipinski definition) is 3. The molecule has 1 atom stereocenters. The summed E-state index contributed by atoms with van der Waals surface area (Å²) in [7, 11) is -1.64. The molecule has 0 aromatic heterocycles. The lowest BCUT2D eigenvalue weighted by atomic mass is 9.76. The van der Waals surface area contributed by atoms with Crippen LogP contribution in [0.4, 0.5) is 4.39 Å². The summed E-state index contributed by atoms with van der Waals surface area (Å²) >= 11 is 0.